The van der Waals surface area contributed by atoms with Gasteiger partial charge in [-0.25, -0.2) is 8.42 Å². The van der Waals surface area contributed by atoms with Crippen molar-refractivity contribution in [3.05, 3.63) is 0 Å². The van der Waals surface area contributed by atoms with Gasteiger partial charge < -0.3 is 10.6 Å². The van der Waals surface area contributed by atoms with Crippen LogP contribution in [0.25, 0.3) is 0 Å². The summed E-state index contributed by atoms with van der Waals surface area (Å²) >= 11 is 0. The highest BCUT2D eigenvalue weighted by molar-refractivity contribution is 14.0. The first-order valence-corrected chi connectivity index (χ1v) is 10.0. The van der Waals surface area contributed by atoms with Crippen molar-refractivity contribution in [3.8, 4) is 0 Å². The van der Waals surface area contributed by atoms with Gasteiger partial charge in [0.25, 0.3) is 0 Å². The van der Waals surface area contributed by atoms with Gasteiger partial charge in [-0.15, -0.1) is 24.0 Å². The van der Waals surface area contributed by atoms with Crippen molar-refractivity contribution in [2.24, 2.45) is 4.99 Å². The van der Waals surface area contributed by atoms with E-state index in [4.69, 9.17) is 0 Å². The molecule has 0 aromatic rings. The van der Waals surface area contributed by atoms with E-state index >= 15 is 0 Å². The Hall–Kier alpha value is -0.0500. The lowest BCUT2D eigenvalue weighted by molar-refractivity contribution is 0.537. The minimum Gasteiger partial charge on any atom is -0.357 e. The van der Waals surface area contributed by atoms with Gasteiger partial charge in [-0.05, 0) is 20.3 Å². The van der Waals surface area contributed by atoms with Crippen LogP contribution in [-0.2, 0) is 9.84 Å². The topological polar surface area (TPSA) is 70.6 Å². The summed E-state index contributed by atoms with van der Waals surface area (Å²) < 4.78 is 22.9. The summed E-state index contributed by atoms with van der Waals surface area (Å²) in [6.07, 6.45) is 6.13. The minimum atomic E-state index is -2.94. The van der Waals surface area contributed by atoms with Crippen LogP contribution in [0.15, 0.2) is 4.99 Å². The van der Waals surface area contributed by atoms with Gasteiger partial charge >= 0.3 is 0 Å². The summed E-state index contributed by atoms with van der Waals surface area (Å²) in [5.74, 6) is 1.01. The van der Waals surface area contributed by atoms with Crippen molar-refractivity contribution >= 4 is 39.8 Å². The Morgan fingerprint density at radius 2 is 1.82 bits per heavy atom. The lowest BCUT2D eigenvalue weighted by atomic mass is 10.1. The molecule has 0 spiro atoms. The molecule has 0 aliphatic carbocycles. The second-order valence-electron chi connectivity index (χ2n) is 5.39. The number of hydrogen-bond acceptors (Lipinski definition) is 3. The molecule has 22 heavy (non-hydrogen) atoms. The average Bonchev–Trinajstić information content (AvgIpc) is 2.43. The maximum atomic E-state index is 11.5. The van der Waals surface area contributed by atoms with Crippen LogP contribution in [0.5, 0.6) is 0 Å². The third-order valence-corrected chi connectivity index (χ3v) is 5.01. The van der Waals surface area contributed by atoms with Crippen molar-refractivity contribution in [3.63, 3.8) is 0 Å². The number of unbranched alkanes of at least 4 members (excludes halogenated alkanes) is 3. The summed E-state index contributed by atoms with van der Waals surface area (Å²) in [7, 11) is -2.94. The van der Waals surface area contributed by atoms with Gasteiger partial charge in [-0.2, -0.15) is 0 Å². The van der Waals surface area contributed by atoms with E-state index in [1.165, 1.54) is 25.7 Å². The molecule has 0 aromatic carbocycles. The predicted molar refractivity (Wildman–Crippen MR) is 107 cm³/mol. The Bertz CT molecular complexity index is 386. The van der Waals surface area contributed by atoms with Crippen molar-refractivity contribution < 1.29 is 8.42 Å². The Morgan fingerprint density at radius 1 is 1.14 bits per heavy atom. The number of guanidine groups is 1. The maximum Gasteiger partial charge on any atom is 0.191 e. The van der Waals surface area contributed by atoms with Gasteiger partial charge in [-0.1, -0.05) is 39.5 Å². The standard InChI is InChI=1S/C15H33N3O2S.HI/c1-5-8-9-10-11-14(4)18-15(16-6-2)17-12-13-21(19,20)7-3;/h14H,5-13H2,1-4H3,(H2,16,17,18);1H. The van der Waals surface area contributed by atoms with Gasteiger partial charge in [0.05, 0.1) is 12.3 Å². The van der Waals surface area contributed by atoms with Crippen LogP contribution < -0.4 is 10.6 Å². The monoisotopic (exact) mass is 447 g/mol. The van der Waals surface area contributed by atoms with E-state index in [1.807, 2.05) is 6.92 Å². The molecule has 0 bridgehead atoms. The molecule has 2 N–H and O–H groups in total. The molecular weight excluding hydrogens is 413 g/mol. The van der Waals surface area contributed by atoms with E-state index in [0.29, 0.717) is 18.5 Å². The fourth-order valence-electron chi connectivity index (χ4n) is 1.94. The largest absolute Gasteiger partial charge is 0.357 e. The Morgan fingerprint density at radius 3 is 2.36 bits per heavy atom. The molecule has 0 heterocycles. The second kappa shape index (κ2) is 14.5. The van der Waals surface area contributed by atoms with Crippen LogP contribution in [0.2, 0.25) is 0 Å². The van der Waals surface area contributed by atoms with E-state index in [2.05, 4.69) is 29.5 Å². The van der Waals surface area contributed by atoms with E-state index in [9.17, 15) is 8.42 Å². The first kappa shape index (κ1) is 24.2. The number of halogens is 1. The molecule has 0 amide bonds. The summed E-state index contributed by atoms with van der Waals surface area (Å²) in [6, 6.07) is 0.349. The van der Waals surface area contributed by atoms with Gasteiger partial charge in [0, 0.05) is 18.3 Å². The average molecular weight is 447 g/mol. The molecule has 0 aromatic heterocycles. The molecule has 0 saturated carbocycles. The number of aliphatic imine (C=N–C) groups is 1. The quantitative estimate of drug-likeness (QED) is 0.221. The zero-order chi connectivity index (χ0) is 16.1. The van der Waals surface area contributed by atoms with E-state index in [-0.39, 0.29) is 35.5 Å². The predicted octanol–water partition coefficient (Wildman–Crippen LogP) is 2.95. The Balaban J connectivity index is 0. The smallest absolute Gasteiger partial charge is 0.191 e. The summed E-state index contributed by atoms with van der Waals surface area (Å²) in [5, 5.41) is 6.51. The lowest BCUT2D eigenvalue weighted by Crippen LogP contribution is -2.42. The van der Waals surface area contributed by atoms with Crippen molar-refractivity contribution in [2.75, 3.05) is 24.6 Å². The molecule has 5 nitrogen and oxygen atoms in total. The van der Waals surface area contributed by atoms with Gasteiger partial charge in [0.1, 0.15) is 0 Å². The molecular formula is C15H34IN3O2S. The molecule has 0 radical (unpaired) electrons. The number of hydrogen-bond donors (Lipinski definition) is 2. The number of sulfone groups is 1. The van der Waals surface area contributed by atoms with Crippen LogP contribution in [0.3, 0.4) is 0 Å². The first-order valence-electron chi connectivity index (χ1n) is 8.20. The van der Waals surface area contributed by atoms with Gasteiger partial charge in [-0.3, -0.25) is 4.99 Å². The van der Waals surface area contributed by atoms with Crippen LogP contribution in [-0.4, -0.2) is 45.0 Å². The highest BCUT2D eigenvalue weighted by Crippen LogP contribution is 2.05. The summed E-state index contributed by atoms with van der Waals surface area (Å²) in [4.78, 5) is 4.35. The lowest BCUT2D eigenvalue weighted by Gasteiger charge is -2.17. The molecule has 7 heteroatoms. The van der Waals surface area contributed by atoms with Crippen molar-refractivity contribution in [1.82, 2.24) is 10.6 Å². The van der Waals surface area contributed by atoms with E-state index in [0.717, 1.165) is 13.0 Å². The van der Waals surface area contributed by atoms with Crippen LogP contribution in [0, 0.1) is 0 Å². The molecule has 0 rings (SSSR count). The van der Waals surface area contributed by atoms with E-state index in [1.54, 1.807) is 6.92 Å². The fourth-order valence-corrected chi connectivity index (χ4v) is 2.60. The number of rotatable bonds is 11. The van der Waals surface area contributed by atoms with E-state index < -0.39 is 9.84 Å². The minimum absolute atomic E-state index is 0. The normalized spacial score (nSPS) is 13.4. The third kappa shape index (κ3) is 13.6. The zero-order valence-electron chi connectivity index (χ0n) is 14.5. The molecule has 0 aliphatic rings. The summed E-state index contributed by atoms with van der Waals surface area (Å²) in [6.45, 7) is 9.11. The van der Waals surface area contributed by atoms with Gasteiger partial charge in [0.15, 0.2) is 15.8 Å². The molecule has 134 valence electrons. The number of nitrogens with zero attached hydrogens (tertiary/aromatic N) is 1. The van der Waals surface area contributed by atoms with Crippen LogP contribution >= 0.6 is 24.0 Å². The Kier molecular flexibility index (Phi) is 16.0. The third-order valence-electron chi connectivity index (χ3n) is 3.33. The molecule has 0 aliphatic heterocycles. The van der Waals surface area contributed by atoms with Crippen molar-refractivity contribution in [2.45, 2.75) is 65.8 Å². The first-order chi connectivity index (χ1) is 9.95. The van der Waals surface area contributed by atoms with Gasteiger partial charge in [0.2, 0.25) is 0 Å². The Labute approximate surface area is 154 Å². The highest BCUT2D eigenvalue weighted by atomic mass is 127. The van der Waals surface area contributed by atoms with Crippen LogP contribution in [0.4, 0.5) is 0 Å². The second-order valence-corrected chi connectivity index (χ2v) is 7.86. The van der Waals surface area contributed by atoms with Crippen molar-refractivity contribution in [1.29, 1.82) is 0 Å². The molecule has 0 fully saturated rings. The molecule has 0 saturated heterocycles. The number of nitrogens with one attached hydrogen (secondary N) is 2. The molecule has 1 atom stereocenters. The summed E-state index contributed by atoms with van der Waals surface area (Å²) in [5.41, 5.74) is 0. The maximum absolute atomic E-state index is 11.5. The SMILES string of the molecule is CCCCCCC(C)NC(=NCCS(=O)(=O)CC)NCC.I. The zero-order valence-corrected chi connectivity index (χ0v) is 17.7. The molecule has 1 unspecified atom stereocenters. The highest BCUT2D eigenvalue weighted by Gasteiger charge is 2.08. The van der Waals surface area contributed by atoms with Crippen LogP contribution in [0.1, 0.15) is 59.8 Å². The fraction of sp³-hybridized carbons (Fsp3) is 0.933.